The SMILES string of the molecule is Cc1ccc(-n2c(SCC(=O)Nc3ccc(C)c([N+](=O)[O-])c3)nnc2N2CCCC2)cc1. The highest BCUT2D eigenvalue weighted by Gasteiger charge is 2.23. The minimum absolute atomic E-state index is 0.0233. The Morgan fingerprint density at radius 1 is 1.12 bits per heavy atom. The lowest BCUT2D eigenvalue weighted by Crippen LogP contribution is -2.22. The molecule has 2 aromatic carbocycles. The lowest BCUT2D eigenvalue weighted by Gasteiger charge is -2.18. The van der Waals surface area contributed by atoms with E-state index in [1.807, 2.05) is 35.8 Å². The first kappa shape index (κ1) is 21.8. The summed E-state index contributed by atoms with van der Waals surface area (Å²) in [6.45, 7) is 5.56. The number of carbonyl (C=O) groups is 1. The van der Waals surface area contributed by atoms with E-state index in [1.54, 1.807) is 19.1 Å². The monoisotopic (exact) mass is 452 g/mol. The van der Waals surface area contributed by atoms with Crippen LogP contribution in [0.3, 0.4) is 0 Å². The number of hydrogen-bond acceptors (Lipinski definition) is 7. The molecule has 0 spiro atoms. The number of nitro groups is 1. The number of anilines is 2. The van der Waals surface area contributed by atoms with Gasteiger partial charge in [0.25, 0.3) is 5.69 Å². The summed E-state index contributed by atoms with van der Waals surface area (Å²) in [5, 5.41) is 23.3. The molecular weight excluding hydrogens is 428 g/mol. The summed E-state index contributed by atoms with van der Waals surface area (Å²) in [7, 11) is 0. The number of rotatable bonds is 7. The lowest BCUT2D eigenvalue weighted by molar-refractivity contribution is -0.385. The van der Waals surface area contributed by atoms with Crippen molar-refractivity contribution in [3.8, 4) is 5.69 Å². The van der Waals surface area contributed by atoms with Crippen LogP contribution in [0.1, 0.15) is 24.0 Å². The molecule has 1 aliphatic rings. The fourth-order valence-corrected chi connectivity index (χ4v) is 4.36. The number of benzene rings is 2. The maximum Gasteiger partial charge on any atom is 0.274 e. The van der Waals surface area contributed by atoms with E-state index in [4.69, 9.17) is 0 Å². The Morgan fingerprint density at radius 2 is 1.84 bits per heavy atom. The second kappa shape index (κ2) is 9.39. The Morgan fingerprint density at radius 3 is 2.53 bits per heavy atom. The molecule has 10 heteroatoms. The molecule has 0 atom stereocenters. The molecule has 3 aromatic rings. The molecule has 1 amide bonds. The first-order valence-corrected chi connectivity index (χ1v) is 11.4. The maximum absolute atomic E-state index is 12.5. The Bertz CT molecular complexity index is 1140. The number of carbonyl (C=O) groups excluding carboxylic acids is 1. The van der Waals surface area contributed by atoms with Gasteiger partial charge in [0.1, 0.15) is 0 Å². The molecular formula is C22H24N6O3S. The minimum Gasteiger partial charge on any atom is -0.341 e. The molecule has 1 fully saturated rings. The third-order valence-corrected chi connectivity index (χ3v) is 6.25. The second-order valence-corrected chi connectivity index (χ2v) is 8.69. The molecule has 2 heterocycles. The van der Waals surface area contributed by atoms with Crippen LogP contribution in [0.25, 0.3) is 5.69 Å². The topological polar surface area (TPSA) is 106 Å². The van der Waals surface area contributed by atoms with Crippen LogP contribution in [0.2, 0.25) is 0 Å². The normalized spacial score (nSPS) is 13.4. The molecule has 1 aliphatic heterocycles. The Kier molecular flexibility index (Phi) is 6.40. The van der Waals surface area contributed by atoms with E-state index in [1.165, 1.54) is 17.8 Å². The Labute approximate surface area is 190 Å². The zero-order chi connectivity index (χ0) is 22.7. The molecule has 32 heavy (non-hydrogen) atoms. The molecule has 4 rings (SSSR count). The first-order valence-electron chi connectivity index (χ1n) is 10.4. The Hall–Kier alpha value is -3.40. The number of aromatic nitrogens is 3. The van der Waals surface area contributed by atoms with Crippen LogP contribution in [0.15, 0.2) is 47.6 Å². The van der Waals surface area contributed by atoms with Gasteiger partial charge in [-0.05, 0) is 44.9 Å². The van der Waals surface area contributed by atoms with Crippen LogP contribution >= 0.6 is 11.8 Å². The molecule has 0 saturated carbocycles. The van der Waals surface area contributed by atoms with Gasteiger partial charge in [-0.25, -0.2) is 0 Å². The number of thioether (sulfide) groups is 1. The van der Waals surface area contributed by atoms with Crippen molar-refractivity contribution in [2.75, 3.05) is 29.1 Å². The van der Waals surface area contributed by atoms with Crippen LogP contribution in [0.4, 0.5) is 17.3 Å². The van der Waals surface area contributed by atoms with E-state index in [9.17, 15) is 14.9 Å². The zero-order valence-electron chi connectivity index (χ0n) is 17.9. The van der Waals surface area contributed by atoms with Gasteiger partial charge in [0.2, 0.25) is 11.9 Å². The lowest BCUT2D eigenvalue weighted by atomic mass is 10.2. The number of aryl methyl sites for hydroxylation is 2. The van der Waals surface area contributed by atoms with Gasteiger partial charge in [0.15, 0.2) is 5.16 Å². The van der Waals surface area contributed by atoms with Crippen molar-refractivity contribution in [1.82, 2.24) is 14.8 Å². The van der Waals surface area contributed by atoms with Gasteiger partial charge in [0.05, 0.1) is 16.4 Å². The fourth-order valence-electron chi connectivity index (χ4n) is 3.61. The van der Waals surface area contributed by atoms with Gasteiger partial charge < -0.3 is 10.2 Å². The van der Waals surface area contributed by atoms with Crippen molar-refractivity contribution in [3.05, 3.63) is 63.7 Å². The molecule has 0 aliphatic carbocycles. The quantitative estimate of drug-likeness (QED) is 0.326. The van der Waals surface area contributed by atoms with Gasteiger partial charge in [-0.15, -0.1) is 10.2 Å². The fraction of sp³-hybridized carbons (Fsp3) is 0.318. The summed E-state index contributed by atoms with van der Waals surface area (Å²) >= 11 is 1.28. The van der Waals surface area contributed by atoms with Crippen LogP contribution < -0.4 is 10.2 Å². The van der Waals surface area contributed by atoms with Crippen molar-refractivity contribution < 1.29 is 9.72 Å². The van der Waals surface area contributed by atoms with Crippen LogP contribution in [0.5, 0.6) is 0 Å². The van der Waals surface area contributed by atoms with Gasteiger partial charge in [0, 0.05) is 30.4 Å². The first-order chi connectivity index (χ1) is 15.4. The molecule has 166 valence electrons. The van der Waals surface area contributed by atoms with E-state index in [0.717, 1.165) is 43.1 Å². The zero-order valence-corrected chi connectivity index (χ0v) is 18.8. The summed E-state index contributed by atoms with van der Waals surface area (Å²) in [6.07, 6.45) is 2.24. The molecule has 1 aromatic heterocycles. The maximum atomic E-state index is 12.5. The van der Waals surface area contributed by atoms with Gasteiger partial charge in [-0.1, -0.05) is 35.5 Å². The summed E-state index contributed by atoms with van der Waals surface area (Å²) in [4.78, 5) is 25.4. The van der Waals surface area contributed by atoms with E-state index < -0.39 is 4.92 Å². The van der Waals surface area contributed by atoms with E-state index in [0.29, 0.717) is 16.4 Å². The summed E-state index contributed by atoms with van der Waals surface area (Å²) in [5.41, 5.74) is 3.02. The number of nitrogens with zero attached hydrogens (tertiary/aromatic N) is 5. The van der Waals surface area contributed by atoms with Crippen molar-refractivity contribution in [3.63, 3.8) is 0 Å². The van der Waals surface area contributed by atoms with Gasteiger partial charge in [-0.3, -0.25) is 19.5 Å². The van der Waals surface area contributed by atoms with E-state index in [2.05, 4.69) is 20.4 Å². The highest BCUT2D eigenvalue weighted by molar-refractivity contribution is 7.99. The predicted molar refractivity (Wildman–Crippen MR) is 125 cm³/mol. The van der Waals surface area contributed by atoms with Crippen molar-refractivity contribution >= 4 is 35.0 Å². The number of amides is 1. The third-order valence-electron chi connectivity index (χ3n) is 5.32. The number of nitrogens with one attached hydrogen (secondary N) is 1. The van der Waals surface area contributed by atoms with Gasteiger partial charge in [-0.2, -0.15) is 0 Å². The van der Waals surface area contributed by atoms with Crippen LogP contribution in [0, 0.1) is 24.0 Å². The van der Waals surface area contributed by atoms with Crippen molar-refractivity contribution in [2.45, 2.75) is 31.8 Å². The molecule has 0 radical (unpaired) electrons. The van der Waals surface area contributed by atoms with Crippen LogP contribution in [-0.2, 0) is 4.79 Å². The minimum atomic E-state index is -0.455. The highest BCUT2D eigenvalue weighted by atomic mass is 32.2. The number of hydrogen-bond donors (Lipinski definition) is 1. The summed E-state index contributed by atoms with van der Waals surface area (Å²) in [6, 6.07) is 12.8. The average Bonchev–Trinajstić information content (AvgIpc) is 3.44. The molecule has 9 nitrogen and oxygen atoms in total. The number of nitro benzene ring substituents is 1. The molecule has 1 saturated heterocycles. The second-order valence-electron chi connectivity index (χ2n) is 7.74. The van der Waals surface area contributed by atoms with Crippen LogP contribution in [-0.4, -0.2) is 44.4 Å². The van der Waals surface area contributed by atoms with E-state index in [-0.39, 0.29) is 17.3 Å². The largest absolute Gasteiger partial charge is 0.341 e. The van der Waals surface area contributed by atoms with Crippen molar-refractivity contribution in [1.29, 1.82) is 0 Å². The highest BCUT2D eigenvalue weighted by Crippen LogP contribution is 2.29. The Balaban J connectivity index is 1.51. The average molecular weight is 453 g/mol. The third kappa shape index (κ3) is 4.75. The van der Waals surface area contributed by atoms with E-state index >= 15 is 0 Å². The standard InChI is InChI=1S/C22H24N6O3S/c1-15-5-9-18(10-6-15)27-21(26-11-3-4-12-26)24-25-22(27)32-14-20(29)23-17-8-7-16(2)19(13-17)28(30)31/h5-10,13H,3-4,11-12,14H2,1-2H3,(H,23,29). The summed E-state index contributed by atoms with van der Waals surface area (Å²) < 4.78 is 1.99. The molecule has 0 unspecified atom stereocenters. The van der Waals surface area contributed by atoms with Crippen molar-refractivity contribution in [2.24, 2.45) is 0 Å². The van der Waals surface area contributed by atoms with Gasteiger partial charge >= 0.3 is 0 Å². The summed E-state index contributed by atoms with van der Waals surface area (Å²) in [5.74, 6) is 0.615. The predicted octanol–water partition coefficient (Wildman–Crippen LogP) is 4.12. The molecule has 0 bridgehead atoms. The smallest absolute Gasteiger partial charge is 0.274 e. The molecule has 1 N–H and O–H groups in total.